The van der Waals surface area contributed by atoms with Crippen LogP contribution >= 0.6 is 0 Å². The first-order chi connectivity index (χ1) is 8.74. The smallest absolute Gasteiger partial charge is 0.193 e. The Kier molecular flexibility index (Phi) is 6.10. The monoisotopic (exact) mass is 282 g/mol. The molecule has 0 aliphatic heterocycles. The van der Waals surface area contributed by atoms with Gasteiger partial charge in [0.1, 0.15) is 6.10 Å². The number of aliphatic hydroxyl groups is 1. The van der Waals surface area contributed by atoms with Crippen LogP contribution in [0.25, 0.3) is 0 Å². The predicted molar refractivity (Wildman–Crippen MR) is 83.5 cm³/mol. The molecule has 1 saturated carbocycles. The highest BCUT2D eigenvalue weighted by Gasteiger charge is 2.36. The fraction of sp³-hybridized carbons (Fsp3) is 0.875. The summed E-state index contributed by atoms with van der Waals surface area (Å²) in [5, 5.41) is 10.3. The van der Waals surface area contributed by atoms with Crippen LogP contribution in [0.3, 0.4) is 0 Å². The molecule has 1 N–H and O–H groups in total. The number of rotatable bonds is 3. The predicted octanol–water partition coefficient (Wildman–Crippen LogP) is 3.95. The molecule has 0 spiro atoms. The van der Waals surface area contributed by atoms with Crippen molar-refractivity contribution in [1.82, 2.24) is 0 Å². The molecule has 2 nitrogen and oxygen atoms in total. The summed E-state index contributed by atoms with van der Waals surface area (Å²) >= 11 is 0. The minimum absolute atomic E-state index is 0.219. The van der Waals surface area contributed by atoms with Crippen molar-refractivity contribution >= 4 is 8.32 Å². The average Bonchev–Trinajstić information content (AvgIpc) is 2.34. The van der Waals surface area contributed by atoms with Crippen molar-refractivity contribution < 1.29 is 9.53 Å². The van der Waals surface area contributed by atoms with Crippen LogP contribution < -0.4 is 0 Å². The van der Waals surface area contributed by atoms with E-state index in [2.05, 4.69) is 45.7 Å². The molecule has 1 fully saturated rings. The molecule has 1 aliphatic rings. The van der Waals surface area contributed by atoms with Crippen molar-refractivity contribution in [3.05, 3.63) is 0 Å². The first-order valence-corrected chi connectivity index (χ1v) is 10.5. The lowest BCUT2D eigenvalue weighted by molar-refractivity contribution is 0.133. The van der Waals surface area contributed by atoms with Crippen molar-refractivity contribution in [3.63, 3.8) is 0 Å². The lowest BCUT2D eigenvalue weighted by Gasteiger charge is -2.35. The summed E-state index contributed by atoms with van der Waals surface area (Å²) in [4.78, 5) is 0. The molecule has 0 aromatic carbocycles. The highest BCUT2D eigenvalue weighted by molar-refractivity contribution is 6.74. The molecule has 0 aromatic rings. The molecule has 0 aromatic heterocycles. The molecule has 0 saturated heterocycles. The molecular weight excluding hydrogens is 252 g/mol. The molecule has 1 aliphatic carbocycles. The maximum atomic E-state index is 10.0. The van der Waals surface area contributed by atoms with E-state index in [9.17, 15) is 5.11 Å². The van der Waals surface area contributed by atoms with Crippen molar-refractivity contribution in [1.29, 1.82) is 0 Å². The average molecular weight is 282 g/mol. The molecule has 0 unspecified atom stereocenters. The Bertz CT molecular complexity index is 327. The zero-order valence-electron chi connectivity index (χ0n) is 13.3. The second-order valence-corrected chi connectivity index (χ2v) is 12.0. The van der Waals surface area contributed by atoms with E-state index >= 15 is 0 Å². The lowest BCUT2D eigenvalue weighted by Crippen LogP contribution is -2.40. The number of hydrogen-bond donors (Lipinski definition) is 1. The van der Waals surface area contributed by atoms with Gasteiger partial charge in [0.05, 0.1) is 6.61 Å². The second-order valence-electron chi connectivity index (χ2n) is 7.21. The van der Waals surface area contributed by atoms with Gasteiger partial charge in [-0.05, 0) is 36.9 Å². The van der Waals surface area contributed by atoms with Crippen LogP contribution in [0.2, 0.25) is 18.1 Å². The van der Waals surface area contributed by atoms with E-state index in [0.717, 1.165) is 12.8 Å². The fourth-order valence-corrected chi connectivity index (χ4v) is 3.01. The van der Waals surface area contributed by atoms with Gasteiger partial charge >= 0.3 is 0 Å². The summed E-state index contributed by atoms with van der Waals surface area (Å²) in [6.45, 7) is 11.6. The summed E-state index contributed by atoms with van der Waals surface area (Å²) < 4.78 is 5.99. The van der Waals surface area contributed by atoms with Crippen molar-refractivity contribution in [2.75, 3.05) is 6.61 Å². The molecule has 110 valence electrons. The third-order valence-electron chi connectivity index (χ3n) is 4.66. The van der Waals surface area contributed by atoms with Gasteiger partial charge in [0.15, 0.2) is 8.32 Å². The molecule has 0 radical (unpaired) electrons. The van der Waals surface area contributed by atoms with Crippen LogP contribution in [0.15, 0.2) is 0 Å². The van der Waals surface area contributed by atoms with Gasteiger partial charge in [0.2, 0.25) is 0 Å². The standard InChI is InChI=1S/C16H30O2Si/c1-16(2,3)19(4,5)18-13-9-12-15(17)14-10-7-6-8-11-14/h14-15,17H,6-8,10-11,13H2,1-5H3/t15-/m0/s1. The van der Waals surface area contributed by atoms with E-state index in [4.69, 9.17) is 4.43 Å². The van der Waals surface area contributed by atoms with Crippen molar-refractivity contribution in [2.24, 2.45) is 5.92 Å². The molecule has 0 bridgehead atoms. The van der Waals surface area contributed by atoms with Gasteiger partial charge < -0.3 is 9.53 Å². The van der Waals surface area contributed by atoms with E-state index in [1.807, 2.05) is 0 Å². The van der Waals surface area contributed by atoms with E-state index in [-0.39, 0.29) is 5.04 Å². The summed E-state index contributed by atoms with van der Waals surface area (Å²) in [6, 6.07) is 0. The molecule has 1 rings (SSSR count). The van der Waals surface area contributed by atoms with Crippen LogP contribution in [0.5, 0.6) is 0 Å². The van der Waals surface area contributed by atoms with Crippen LogP contribution in [-0.4, -0.2) is 26.1 Å². The van der Waals surface area contributed by atoms with Gasteiger partial charge in [-0.15, -0.1) is 0 Å². The highest BCUT2D eigenvalue weighted by Crippen LogP contribution is 2.36. The third-order valence-corrected chi connectivity index (χ3v) is 9.14. The van der Waals surface area contributed by atoms with Crippen molar-refractivity contribution in [3.8, 4) is 11.8 Å². The van der Waals surface area contributed by atoms with Crippen molar-refractivity contribution in [2.45, 2.75) is 77.1 Å². The fourth-order valence-electron chi connectivity index (χ4n) is 2.15. The summed E-state index contributed by atoms with van der Waals surface area (Å²) in [6.07, 6.45) is 5.58. The van der Waals surface area contributed by atoms with E-state index in [1.165, 1.54) is 19.3 Å². The molecule has 1 atom stereocenters. The second kappa shape index (κ2) is 6.92. The first-order valence-electron chi connectivity index (χ1n) is 7.54. The Hall–Kier alpha value is -0.303. The Morgan fingerprint density at radius 3 is 2.32 bits per heavy atom. The van der Waals surface area contributed by atoms with E-state index < -0.39 is 14.4 Å². The molecule has 0 heterocycles. The van der Waals surface area contributed by atoms with Crippen LogP contribution in [-0.2, 0) is 4.43 Å². The Labute approximate surface area is 120 Å². The summed E-state index contributed by atoms with van der Waals surface area (Å²) in [7, 11) is -1.70. The lowest BCUT2D eigenvalue weighted by atomic mass is 9.85. The summed E-state index contributed by atoms with van der Waals surface area (Å²) in [5.74, 6) is 6.39. The minimum Gasteiger partial charge on any atom is -0.406 e. The number of aliphatic hydroxyl groups excluding tert-OH is 1. The largest absolute Gasteiger partial charge is 0.406 e. The summed E-state index contributed by atoms with van der Waals surface area (Å²) in [5.41, 5.74) is 0. The zero-order chi connectivity index (χ0) is 14.5. The zero-order valence-corrected chi connectivity index (χ0v) is 14.3. The van der Waals surface area contributed by atoms with Crippen LogP contribution in [0, 0.1) is 17.8 Å². The first kappa shape index (κ1) is 16.8. The minimum atomic E-state index is -1.70. The molecule has 19 heavy (non-hydrogen) atoms. The topological polar surface area (TPSA) is 29.5 Å². The quantitative estimate of drug-likeness (QED) is 0.627. The van der Waals surface area contributed by atoms with Gasteiger partial charge in [-0.25, -0.2) is 0 Å². The van der Waals surface area contributed by atoms with Crippen LogP contribution in [0.1, 0.15) is 52.9 Å². The van der Waals surface area contributed by atoms with Gasteiger partial charge in [-0.2, -0.15) is 0 Å². The van der Waals surface area contributed by atoms with Gasteiger partial charge in [0, 0.05) is 0 Å². The Morgan fingerprint density at radius 2 is 1.79 bits per heavy atom. The Morgan fingerprint density at radius 1 is 1.21 bits per heavy atom. The maximum absolute atomic E-state index is 10.0. The highest BCUT2D eigenvalue weighted by atomic mass is 28.4. The third kappa shape index (κ3) is 5.29. The number of hydrogen-bond acceptors (Lipinski definition) is 2. The van der Waals surface area contributed by atoms with Crippen LogP contribution in [0.4, 0.5) is 0 Å². The van der Waals surface area contributed by atoms with Gasteiger partial charge in [-0.3, -0.25) is 0 Å². The molecular formula is C16H30O2Si. The van der Waals surface area contributed by atoms with E-state index in [0.29, 0.717) is 12.5 Å². The van der Waals surface area contributed by atoms with Gasteiger partial charge in [0.25, 0.3) is 0 Å². The maximum Gasteiger partial charge on any atom is 0.193 e. The molecule has 3 heteroatoms. The normalized spacial score (nSPS) is 19.7. The van der Waals surface area contributed by atoms with Gasteiger partial charge in [-0.1, -0.05) is 51.9 Å². The van der Waals surface area contributed by atoms with E-state index in [1.54, 1.807) is 0 Å². The SMILES string of the molecule is CC(C)(C)[Si](C)(C)OCC#C[C@H](O)C1CCCCC1. The molecule has 0 amide bonds. The Balaban J connectivity index is 2.38.